The van der Waals surface area contributed by atoms with Crippen LogP contribution in [0, 0.1) is 17.1 Å². The maximum absolute atomic E-state index is 13.7. The first kappa shape index (κ1) is 22.3. The summed E-state index contributed by atoms with van der Waals surface area (Å²) in [6, 6.07) is 7.55. The molecule has 1 aromatic carbocycles. The second-order valence-corrected chi connectivity index (χ2v) is 10.1. The van der Waals surface area contributed by atoms with Gasteiger partial charge in [0.25, 0.3) is 0 Å². The molecule has 2 N–H and O–H groups in total. The summed E-state index contributed by atoms with van der Waals surface area (Å²) in [4.78, 5) is 32.3. The maximum atomic E-state index is 13.7. The average molecular weight is 454 g/mol. The second kappa shape index (κ2) is 8.69. The number of amides is 2. The van der Waals surface area contributed by atoms with Gasteiger partial charge in [0, 0.05) is 25.7 Å². The van der Waals surface area contributed by atoms with E-state index in [2.05, 4.69) is 15.9 Å². The first-order valence-corrected chi connectivity index (χ1v) is 12.2. The van der Waals surface area contributed by atoms with Crippen LogP contribution < -0.4 is 5.73 Å². The third-order valence-electron chi connectivity index (χ3n) is 8.23. The summed E-state index contributed by atoms with van der Waals surface area (Å²) in [5.41, 5.74) is 6.93. The molecule has 7 nitrogen and oxygen atoms in total. The fourth-order valence-electron chi connectivity index (χ4n) is 6.70. The minimum absolute atomic E-state index is 0.0756. The molecule has 1 aliphatic carbocycles. The quantitative estimate of drug-likeness (QED) is 0.737. The number of carbonyl (C=O) groups excluding carboxylic acids is 2. The van der Waals surface area contributed by atoms with Crippen molar-refractivity contribution < 1.29 is 14.0 Å². The van der Waals surface area contributed by atoms with E-state index >= 15 is 0 Å². The molecule has 4 fully saturated rings. The van der Waals surface area contributed by atoms with Crippen molar-refractivity contribution in [3.63, 3.8) is 0 Å². The number of fused-ring (bicyclic) bond motifs is 2. The lowest BCUT2D eigenvalue weighted by Gasteiger charge is -2.50. The Balaban J connectivity index is 1.32. The van der Waals surface area contributed by atoms with E-state index < -0.39 is 12.1 Å². The van der Waals surface area contributed by atoms with Gasteiger partial charge in [0.1, 0.15) is 11.9 Å². The van der Waals surface area contributed by atoms with Crippen molar-refractivity contribution in [2.75, 3.05) is 19.6 Å². The number of nitriles is 1. The molecule has 4 aliphatic rings. The summed E-state index contributed by atoms with van der Waals surface area (Å²) in [7, 11) is 0. The van der Waals surface area contributed by atoms with Crippen LogP contribution in [0.3, 0.4) is 0 Å². The van der Waals surface area contributed by atoms with E-state index in [4.69, 9.17) is 5.73 Å². The van der Waals surface area contributed by atoms with Crippen LogP contribution >= 0.6 is 0 Å². The molecule has 0 aromatic heterocycles. The summed E-state index contributed by atoms with van der Waals surface area (Å²) in [5.74, 6) is -0.352. The third kappa shape index (κ3) is 3.71. The largest absolute Gasteiger partial charge is 0.327 e. The van der Waals surface area contributed by atoms with Crippen molar-refractivity contribution in [3.8, 4) is 6.07 Å². The Kier molecular flexibility index (Phi) is 5.87. The van der Waals surface area contributed by atoms with Gasteiger partial charge in [0.15, 0.2) is 0 Å². The van der Waals surface area contributed by atoms with Crippen molar-refractivity contribution in [2.45, 2.75) is 81.1 Å². The summed E-state index contributed by atoms with van der Waals surface area (Å²) < 4.78 is 13.6. The van der Waals surface area contributed by atoms with Crippen molar-refractivity contribution >= 4 is 11.8 Å². The monoisotopic (exact) mass is 453 g/mol. The number of benzene rings is 1. The molecular formula is C25H32FN5O2. The molecule has 1 aromatic rings. The molecule has 3 saturated heterocycles. The zero-order chi connectivity index (χ0) is 23.2. The number of carbonyl (C=O) groups is 2. The molecular weight excluding hydrogens is 421 g/mol. The van der Waals surface area contributed by atoms with E-state index in [0.717, 1.165) is 50.5 Å². The zero-order valence-electron chi connectivity index (χ0n) is 19.0. The topological polar surface area (TPSA) is 93.7 Å². The smallest absolute Gasteiger partial charge is 0.241 e. The molecule has 4 atom stereocenters. The minimum atomic E-state index is -0.736. The van der Waals surface area contributed by atoms with Gasteiger partial charge in [-0.25, -0.2) is 4.39 Å². The Bertz CT molecular complexity index is 955. The predicted octanol–water partition coefficient (Wildman–Crippen LogP) is 2.11. The highest BCUT2D eigenvalue weighted by molar-refractivity contribution is 5.87. The summed E-state index contributed by atoms with van der Waals surface area (Å²) in [6.45, 7) is 1.60. The Morgan fingerprint density at radius 2 is 1.94 bits per heavy atom. The summed E-state index contributed by atoms with van der Waals surface area (Å²) in [5, 5.41) is 9.29. The van der Waals surface area contributed by atoms with E-state index in [9.17, 15) is 19.2 Å². The van der Waals surface area contributed by atoms with Gasteiger partial charge >= 0.3 is 0 Å². The van der Waals surface area contributed by atoms with Crippen LogP contribution in [-0.4, -0.2) is 70.3 Å². The Morgan fingerprint density at radius 3 is 2.61 bits per heavy atom. The highest BCUT2D eigenvalue weighted by atomic mass is 19.1. The van der Waals surface area contributed by atoms with Gasteiger partial charge in [-0.15, -0.1) is 0 Å². The van der Waals surface area contributed by atoms with Crippen molar-refractivity contribution in [1.29, 1.82) is 5.26 Å². The first-order valence-electron chi connectivity index (χ1n) is 12.2. The predicted molar refractivity (Wildman–Crippen MR) is 120 cm³/mol. The van der Waals surface area contributed by atoms with Crippen molar-refractivity contribution in [3.05, 3.63) is 35.6 Å². The van der Waals surface area contributed by atoms with E-state index in [1.165, 1.54) is 12.1 Å². The van der Waals surface area contributed by atoms with Crippen LogP contribution in [0.15, 0.2) is 24.3 Å². The second-order valence-electron chi connectivity index (χ2n) is 10.1. The number of nitrogens with zero attached hydrogens (tertiary/aromatic N) is 4. The van der Waals surface area contributed by atoms with Gasteiger partial charge in [-0.05, 0) is 49.8 Å². The van der Waals surface area contributed by atoms with Gasteiger partial charge in [0.2, 0.25) is 11.8 Å². The standard InChI is InChI=1S/C25H32FN5O2/c26-18-8-6-17(7-9-18)25(10-2-1-3-11-25)31-20-13-22(24(31)33)29(15-20)16-21(28)23(32)30-12-4-5-19(30)14-27/h6-9,19-22H,1-5,10-13,15-16,28H2/t19-,20+,21-,22+/m0/s1. The fraction of sp³-hybridized carbons (Fsp3) is 0.640. The number of hydrogen-bond acceptors (Lipinski definition) is 5. The fourth-order valence-corrected chi connectivity index (χ4v) is 6.70. The zero-order valence-corrected chi connectivity index (χ0v) is 19.0. The van der Waals surface area contributed by atoms with Gasteiger partial charge in [-0.2, -0.15) is 5.26 Å². The van der Waals surface area contributed by atoms with Gasteiger partial charge in [-0.1, -0.05) is 31.4 Å². The number of rotatable bonds is 5. The number of likely N-dealkylation sites (tertiary alicyclic amines) is 3. The molecule has 33 heavy (non-hydrogen) atoms. The van der Waals surface area contributed by atoms with Gasteiger partial charge in [0.05, 0.1) is 23.7 Å². The third-order valence-corrected chi connectivity index (χ3v) is 8.23. The molecule has 0 unspecified atom stereocenters. The summed E-state index contributed by atoms with van der Waals surface area (Å²) >= 11 is 0. The van der Waals surface area contributed by atoms with Crippen LogP contribution in [0.5, 0.6) is 0 Å². The van der Waals surface area contributed by atoms with E-state index in [1.807, 2.05) is 12.1 Å². The van der Waals surface area contributed by atoms with Crippen molar-refractivity contribution in [2.24, 2.45) is 5.73 Å². The number of nitrogens with two attached hydrogens (primary N) is 1. The molecule has 3 heterocycles. The normalized spacial score (nSPS) is 30.0. The Hall–Kier alpha value is -2.50. The van der Waals surface area contributed by atoms with Crippen LogP contribution in [0.4, 0.5) is 4.39 Å². The number of halogens is 1. The molecule has 2 bridgehead atoms. The van der Waals surface area contributed by atoms with Gasteiger partial charge < -0.3 is 15.5 Å². The van der Waals surface area contributed by atoms with Crippen LogP contribution in [0.25, 0.3) is 0 Å². The Morgan fingerprint density at radius 1 is 1.21 bits per heavy atom. The molecule has 0 spiro atoms. The van der Waals surface area contributed by atoms with E-state index in [-0.39, 0.29) is 35.3 Å². The van der Waals surface area contributed by atoms with Gasteiger partial charge in [-0.3, -0.25) is 14.5 Å². The number of hydrogen-bond donors (Lipinski definition) is 1. The molecule has 176 valence electrons. The Labute approximate surface area is 194 Å². The van der Waals surface area contributed by atoms with E-state index in [0.29, 0.717) is 26.1 Å². The lowest BCUT2D eigenvalue weighted by molar-refractivity contribution is -0.147. The average Bonchev–Trinajstić information content (AvgIpc) is 3.54. The SMILES string of the molecule is N#C[C@@H]1CCCN1C(=O)[C@@H](N)CN1C[C@H]2C[C@@H]1C(=O)N2C1(c2ccc(F)cc2)CCCCC1. The molecule has 3 aliphatic heterocycles. The lowest BCUT2D eigenvalue weighted by Crippen LogP contribution is -2.61. The van der Waals surface area contributed by atoms with Crippen LogP contribution in [-0.2, 0) is 15.1 Å². The highest BCUT2D eigenvalue weighted by Crippen LogP contribution is 2.48. The van der Waals surface area contributed by atoms with E-state index in [1.54, 1.807) is 4.90 Å². The summed E-state index contributed by atoms with van der Waals surface area (Å²) in [6.07, 6.45) is 7.32. The number of piperazine rings is 1. The molecule has 8 heteroatoms. The highest BCUT2D eigenvalue weighted by Gasteiger charge is 2.57. The minimum Gasteiger partial charge on any atom is -0.327 e. The van der Waals surface area contributed by atoms with Crippen LogP contribution in [0.1, 0.15) is 56.9 Å². The van der Waals surface area contributed by atoms with Crippen LogP contribution in [0.2, 0.25) is 0 Å². The molecule has 2 amide bonds. The maximum Gasteiger partial charge on any atom is 0.241 e. The van der Waals surface area contributed by atoms with Crippen molar-refractivity contribution in [1.82, 2.24) is 14.7 Å². The first-order chi connectivity index (χ1) is 15.9. The molecule has 0 radical (unpaired) electrons. The molecule has 1 saturated carbocycles. The molecule has 5 rings (SSSR count). The lowest BCUT2D eigenvalue weighted by atomic mass is 9.74.